The molecule has 0 saturated carbocycles. The van der Waals surface area contributed by atoms with Gasteiger partial charge in [-0.2, -0.15) is 0 Å². The van der Waals surface area contributed by atoms with E-state index in [9.17, 15) is 0 Å². The highest BCUT2D eigenvalue weighted by Crippen LogP contribution is 2.49. The van der Waals surface area contributed by atoms with Crippen molar-refractivity contribution in [3.63, 3.8) is 0 Å². The molecule has 3 aromatic rings. The molecule has 6 rings (SSSR count). The summed E-state index contributed by atoms with van der Waals surface area (Å²) in [6.45, 7) is 9.32. The van der Waals surface area contributed by atoms with Gasteiger partial charge in [0.15, 0.2) is 0 Å². The van der Waals surface area contributed by atoms with Gasteiger partial charge in [-0.05, 0) is 88.4 Å². The van der Waals surface area contributed by atoms with E-state index in [1.54, 1.807) is 0 Å². The molecule has 0 aromatic heterocycles. The lowest BCUT2D eigenvalue weighted by atomic mass is 9.54. The van der Waals surface area contributed by atoms with Gasteiger partial charge in [-0.25, -0.2) is 0 Å². The molecule has 1 saturated heterocycles. The van der Waals surface area contributed by atoms with Gasteiger partial charge in [-0.1, -0.05) is 68.4 Å². The molecule has 1 aliphatic heterocycles. The molecule has 0 spiro atoms. The SMILES string of the molecule is CC1(C)CB(c2ccc3c(c2)Cc2ccc4c(c2-3)-c2ccccc2C4)OC1(C)C. The molecule has 0 bridgehead atoms. The van der Waals surface area contributed by atoms with Gasteiger partial charge in [0.1, 0.15) is 0 Å². The number of fused-ring (bicyclic) bond motifs is 7. The first-order valence-electron chi connectivity index (χ1n) is 10.9. The summed E-state index contributed by atoms with van der Waals surface area (Å²) in [6, 6.07) is 20.7. The Morgan fingerprint density at radius 2 is 1.38 bits per heavy atom. The molecule has 1 nitrogen and oxygen atoms in total. The number of hydrogen-bond acceptors (Lipinski definition) is 1. The van der Waals surface area contributed by atoms with Crippen molar-refractivity contribution in [2.75, 3.05) is 0 Å². The van der Waals surface area contributed by atoms with Gasteiger partial charge in [0.25, 0.3) is 0 Å². The van der Waals surface area contributed by atoms with E-state index in [1.807, 2.05) is 0 Å². The lowest BCUT2D eigenvalue weighted by Crippen LogP contribution is -2.36. The van der Waals surface area contributed by atoms with Gasteiger partial charge in [0.05, 0.1) is 5.60 Å². The maximum Gasteiger partial charge on any atom is 0.327 e. The van der Waals surface area contributed by atoms with E-state index in [-0.39, 0.29) is 17.9 Å². The smallest absolute Gasteiger partial charge is 0.327 e. The van der Waals surface area contributed by atoms with E-state index >= 15 is 0 Å². The molecule has 0 amide bonds. The fourth-order valence-corrected chi connectivity index (χ4v) is 5.58. The van der Waals surface area contributed by atoms with Crippen molar-refractivity contribution in [1.29, 1.82) is 0 Å². The van der Waals surface area contributed by atoms with E-state index in [1.165, 1.54) is 50.0 Å². The molecule has 1 fully saturated rings. The average molecular weight is 378 g/mol. The third-order valence-electron chi connectivity index (χ3n) is 7.96. The van der Waals surface area contributed by atoms with Crippen molar-refractivity contribution in [2.45, 2.75) is 52.5 Å². The van der Waals surface area contributed by atoms with Gasteiger partial charge < -0.3 is 4.65 Å². The van der Waals surface area contributed by atoms with E-state index in [4.69, 9.17) is 4.65 Å². The second-order valence-corrected chi connectivity index (χ2v) is 10.3. The molecule has 2 heteroatoms. The summed E-state index contributed by atoms with van der Waals surface area (Å²) < 4.78 is 6.51. The van der Waals surface area contributed by atoms with Crippen LogP contribution in [0, 0.1) is 5.41 Å². The van der Waals surface area contributed by atoms with E-state index in [2.05, 4.69) is 82.3 Å². The molecule has 2 aliphatic carbocycles. The Kier molecular flexibility index (Phi) is 3.41. The maximum atomic E-state index is 6.51. The minimum absolute atomic E-state index is 0.0931. The van der Waals surface area contributed by atoms with Gasteiger partial charge in [0, 0.05) is 0 Å². The number of hydrogen-bond donors (Lipinski definition) is 0. The fraction of sp³-hybridized carbons (Fsp3) is 0.333. The van der Waals surface area contributed by atoms with Gasteiger partial charge in [-0.3, -0.25) is 0 Å². The van der Waals surface area contributed by atoms with Crippen LogP contribution >= 0.6 is 0 Å². The van der Waals surface area contributed by atoms with E-state index in [0.29, 0.717) is 0 Å². The van der Waals surface area contributed by atoms with Crippen LogP contribution in [-0.4, -0.2) is 12.5 Å². The first-order valence-corrected chi connectivity index (χ1v) is 10.9. The zero-order chi connectivity index (χ0) is 20.0. The van der Waals surface area contributed by atoms with Crippen molar-refractivity contribution in [3.05, 3.63) is 76.9 Å². The van der Waals surface area contributed by atoms with Crippen LogP contribution < -0.4 is 5.46 Å². The molecule has 1 heterocycles. The second-order valence-electron chi connectivity index (χ2n) is 10.3. The highest BCUT2D eigenvalue weighted by atomic mass is 16.5. The summed E-state index contributed by atoms with van der Waals surface area (Å²) in [5, 5.41) is 0. The molecule has 3 aromatic carbocycles. The van der Waals surface area contributed by atoms with Crippen LogP contribution in [0.2, 0.25) is 6.32 Å². The van der Waals surface area contributed by atoms with Gasteiger partial charge >= 0.3 is 6.92 Å². The van der Waals surface area contributed by atoms with Crippen LogP contribution in [0.1, 0.15) is 49.9 Å². The Balaban J connectivity index is 1.44. The standard InChI is InChI=1S/C27H27BO/c1-26(2)16-28(29-27(26,3)4)21-11-12-23-20(15-21)14-19-10-9-18-13-17-7-5-6-8-22(17)24(18)25(19)23/h5-12,15H,13-14,16H2,1-4H3. The van der Waals surface area contributed by atoms with Crippen molar-refractivity contribution in [3.8, 4) is 22.3 Å². The van der Waals surface area contributed by atoms with Crippen LogP contribution in [-0.2, 0) is 17.5 Å². The zero-order valence-electron chi connectivity index (χ0n) is 17.8. The van der Waals surface area contributed by atoms with Crippen molar-refractivity contribution >= 4 is 12.4 Å². The molecule has 0 unspecified atom stereocenters. The quantitative estimate of drug-likeness (QED) is 0.332. The molecule has 0 radical (unpaired) electrons. The minimum Gasteiger partial charge on any atom is -0.426 e. The van der Waals surface area contributed by atoms with Crippen LogP contribution in [0.15, 0.2) is 54.6 Å². The third kappa shape index (κ3) is 2.39. The topological polar surface area (TPSA) is 9.23 Å². The Morgan fingerprint density at radius 3 is 2.07 bits per heavy atom. The van der Waals surface area contributed by atoms with Crippen LogP contribution in [0.3, 0.4) is 0 Å². The largest absolute Gasteiger partial charge is 0.426 e. The first kappa shape index (κ1) is 17.5. The highest BCUT2D eigenvalue weighted by molar-refractivity contribution is 6.68. The molecular formula is C27H27BO. The first-order chi connectivity index (χ1) is 13.8. The predicted octanol–water partition coefficient (Wildman–Crippen LogP) is 5.86. The Morgan fingerprint density at radius 1 is 0.724 bits per heavy atom. The molecule has 144 valence electrons. The third-order valence-corrected chi connectivity index (χ3v) is 7.96. The van der Waals surface area contributed by atoms with E-state index < -0.39 is 0 Å². The summed E-state index contributed by atoms with van der Waals surface area (Å²) in [5.41, 5.74) is 13.1. The van der Waals surface area contributed by atoms with Crippen molar-refractivity contribution in [2.24, 2.45) is 5.41 Å². The lowest BCUT2D eigenvalue weighted by molar-refractivity contribution is 0.0375. The highest BCUT2D eigenvalue weighted by Gasteiger charge is 2.49. The summed E-state index contributed by atoms with van der Waals surface area (Å²) in [6.07, 6.45) is 3.17. The molecule has 29 heavy (non-hydrogen) atoms. The summed E-state index contributed by atoms with van der Waals surface area (Å²) in [5.74, 6) is 0. The Bertz CT molecular complexity index is 1160. The Hall–Kier alpha value is -2.32. The Labute approximate surface area is 174 Å². The summed E-state index contributed by atoms with van der Waals surface area (Å²) in [4.78, 5) is 0. The lowest BCUT2D eigenvalue weighted by Gasteiger charge is -2.34. The van der Waals surface area contributed by atoms with Gasteiger partial charge in [-0.15, -0.1) is 0 Å². The number of benzene rings is 3. The van der Waals surface area contributed by atoms with Crippen molar-refractivity contribution in [1.82, 2.24) is 0 Å². The van der Waals surface area contributed by atoms with E-state index in [0.717, 1.165) is 19.2 Å². The summed E-state index contributed by atoms with van der Waals surface area (Å²) >= 11 is 0. The molecular weight excluding hydrogens is 351 g/mol. The van der Waals surface area contributed by atoms with Crippen LogP contribution in [0.5, 0.6) is 0 Å². The average Bonchev–Trinajstić information content (AvgIpc) is 3.29. The molecule has 0 N–H and O–H groups in total. The second kappa shape index (κ2) is 5.64. The predicted molar refractivity (Wildman–Crippen MR) is 122 cm³/mol. The zero-order valence-corrected chi connectivity index (χ0v) is 17.8. The summed E-state index contributed by atoms with van der Waals surface area (Å²) in [7, 11) is 0. The van der Waals surface area contributed by atoms with Gasteiger partial charge in [0.2, 0.25) is 0 Å². The van der Waals surface area contributed by atoms with Crippen LogP contribution in [0.25, 0.3) is 22.3 Å². The monoisotopic (exact) mass is 378 g/mol. The minimum atomic E-state index is -0.0931. The maximum absolute atomic E-state index is 6.51. The molecule has 3 aliphatic rings. The van der Waals surface area contributed by atoms with Crippen LogP contribution in [0.4, 0.5) is 0 Å². The number of rotatable bonds is 1. The normalized spacial score (nSPS) is 19.7. The van der Waals surface area contributed by atoms with Crippen molar-refractivity contribution < 1.29 is 4.65 Å². The fourth-order valence-electron chi connectivity index (χ4n) is 5.58. The molecule has 0 atom stereocenters.